The Morgan fingerprint density at radius 2 is 2.19 bits per heavy atom. The zero-order valence-corrected chi connectivity index (χ0v) is 9.65. The maximum Gasteiger partial charge on any atom is 0.139 e. The minimum absolute atomic E-state index is 0.324. The van der Waals surface area contributed by atoms with E-state index in [4.69, 9.17) is 5.73 Å². The van der Waals surface area contributed by atoms with Crippen LogP contribution in [-0.2, 0) is 23.6 Å². The number of anilines is 1. The van der Waals surface area contributed by atoms with Gasteiger partial charge < -0.3 is 5.73 Å². The van der Waals surface area contributed by atoms with Gasteiger partial charge >= 0.3 is 0 Å². The average molecular weight is 236 g/mol. The van der Waals surface area contributed by atoms with Gasteiger partial charge in [0, 0.05) is 12.7 Å². The van der Waals surface area contributed by atoms with Gasteiger partial charge in [0.1, 0.15) is 12.2 Å². The summed E-state index contributed by atoms with van der Waals surface area (Å²) >= 11 is 0. The molecule has 0 amide bonds. The molecule has 1 aromatic heterocycles. The Balaban J connectivity index is 2.22. The maximum atomic E-state index is 12.0. The fourth-order valence-electron chi connectivity index (χ4n) is 1.33. The summed E-state index contributed by atoms with van der Waals surface area (Å²) in [5, 5.41) is 3.93. The van der Waals surface area contributed by atoms with E-state index < -0.39 is 10.8 Å². The molecule has 0 saturated heterocycles. The minimum atomic E-state index is -1.18. The Bertz CT molecular complexity index is 523. The summed E-state index contributed by atoms with van der Waals surface area (Å²) in [4.78, 5) is 4.67. The number of aromatic nitrogens is 3. The molecule has 1 atom stereocenters. The molecule has 0 fully saturated rings. The van der Waals surface area contributed by atoms with E-state index in [1.165, 1.54) is 6.33 Å². The van der Waals surface area contributed by atoms with E-state index in [9.17, 15) is 4.21 Å². The summed E-state index contributed by atoms with van der Waals surface area (Å²) in [5.41, 5.74) is 6.30. The van der Waals surface area contributed by atoms with Gasteiger partial charge in [0.2, 0.25) is 0 Å². The molecule has 0 spiro atoms. The zero-order valence-electron chi connectivity index (χ0n) is 8.83. The van der Waals surface area contributed by atoms with E-state index in [0.29, 0.717) is 22.2 Å². The molecule has 0 aliphatic carbocycles. The Labute approximate surface area is 95.8 Å². The van der Waals surface area contributed by atoms with Crippen LogP contribution in [-0.4, -0.2) is 19.0 Å². The Kier molecular flexibility index (Phi) is 3.00. The van der Waals surface area contributed by atoms with Crippen LogP contribution in [0, 0.1) is 0 Å². The molecule has 2 rings (SSSR count). The molecule has 0 saturated carbocycles. The number of nitrogens with two attached hydrogens (primary N) is 1. The fourth-order valence-corrected chi connectivity index (χ4v) is 2.55. The van der Waals surface area contributed by atoms with Gasteiger partial charge in [-0.25, -0.2) is 4.98 Å². The molecule has 1 unspecified atom stereocenters. The number of rotatable bonds is 3. The van der Waals surface area contributed by atoms with Gasteiger partial charge in [-0.15, -0.1) is 0 Å². The Hall–Kier alpha value is -1.69. The highest BCUT2D eigenvalue weighted by molar-refractivity contribution is 7.84. The fraction of sp³-hybridized carbons (Fsp3) is 0.200. The van der Waals surface area contributed by atoms with Crippen molar-refractivity contribution in [3.8, 4) is 0 Å². The molecule has 0 bridgehead atoms. The first-order valence-electron chi connectivity index (χ1n) is 4.74. The number of nitrogens with zero attached hydrogens (tertiary/aromatic N) is 3. The highest BCUT2D eigenvalue weighted by atomic mass is 32.2. The first kappa shape index (κ1) is 10.8. The van der Waals surface area contributed by atoms with Gasteiger partial charge in [0.15, 0.2) is 0 Å². The molecule has 2 aromatic rings. The molecule has 0 aliphatic heterocycles. The summed E-state index contributed by atoms with van der Waals surface area (Å²) in [5.74, 6) is 1.01. The van der Waals surface area contributed by atoms with Crippen LogP contribution in [0.3, 0.4) is 0 Å². The van der Waals surface area contributed by atoms with Crippen molar-refractivity contribution in [3.63, 3.8) is 0 Å². The van der Waals surface area contributed by atoms with Crippen LogP contribution in [0.2, 0.25) is 0 Å². The highest BCUT2D eigenvalue weighted by Crippen LogP contribution is 2.17. The molecular weight excluding hydrogens is 224 g/mol. The number of benzene rings is 1. The SMILES string of the molecule is Cn1ncnc1CS(=O)c1ccccc1N. The standard InChI is InChI=1S/C10H12N4OS/c1-14-10(12-7-13-14)6-16(15)9-5-3-2-4-8(9)11/h2-5,7H,6,11H2,1H3. The van der Waals surface area contributed by atoms with E-state index in [-0.39, 0.29) is 0 Å². The first-order chi connectivity index (χ1) is 7.68. The normalized spacial score (nSPS) is 12.6. The first-order valence-corrected chi connectivity index (χ1v) is 6.06. The average Bonchev–Trinajstić information content (AvgIpc) is 2.65. The number of aryl methyl sites for hydroxylation is 1. The molecule has 5 nitrogen and oxygen atoms in total. The lowest BCUT2D eigenvalue weighted by Crippen LogP contribution is -2.06. The quantitative estimate of drug-likeness (QED) is 0.796. The lowest BCUT2D eigenvalue weighted by atomic mass is 10.3. The molecular formula is C10H12N4OS. The second-order valence-electron chi connectivity index (χ2n) is 3.33. The number of hydrogen-bond acceptors (Lipinski definition) is 4. The van der Waals surface area contributed by atoms with Crippen molar-refractivity contribution < 1.29 is 4.21 Å². The van der Waals surface area contributed by atoms with Crippen LogP contribution in [0.15, 0.2) is 35.5 Å². The minimum Gasteiger partial charge on any atom is -0.398 e. The third kappa shape index (κ3) is 2.11. The van der Waals surface area contributed by atoms with Crippen LogP contribution in [0.5, 0.6) is 0 Å². The monoisotopic (exact) mass is 236 g/mol. The number of hydrogen-bond donors (Lipinski definition) is 1. The van der Waals surface area contributed by atoms with Crippen molar-refractivity contribution in [1.82, 2.24) is 14.8 Å². The molecule has 1 heterocycles. The van der Waals surface area contributed by atoms with Crippen molar-refractivity contribution in [2.75, 3.05) is 5.73 Å². The smallest absolute Gasteiger partial charge is 0.139 e. The summed E-state index contributed by atoms with van der Waals surface area (Å²) in [7, 11) is 0.589. The van der Waals surface area contributed by atoms with Crippen molar-refractivity contribution >= 4 is 16.5 Å². The van der Waals surface area contributed by atoms with Crippen LogP contribution >= 0.6 is 0 Å². The topological polar surface area (TPSA) is 73.8 Å². The summed E-state index contributed by atoms with van der Waals surface area (Å²) in [6.07, 6.45) is 1.45. The molecule has 16 heavy (non-hydrogen) atoms. The van der Waals surface area contributed by atoms with Crippen LogP contribution in [0.25, 0.3) is 0 Å². The van der Waals surface area contributed by atoms with E-state index in [1.807, 2.05) is 12.1 Å². The third-order valence-corrected chi connectivity index (χ3v) is 3.61. The molecule has 2 N–H and O–H groups in total. The summed E-state index contributed by atoms with van der Waals surface area (Å²) in [6.45, 7) is 0. The van der Waals surface area contributed by atoms with Crippen molar-refractivity contribution in [1.29, 1.82) is 0 Å². The van der Waals surface area contributed by atoms with E-state index in [1.54, 1.807) is 23.9 Å². The van der Waals surface area contributed by atoms with Crippen molar-refractivity contribution in [2.24, 2.45) is 7.05 Å². The van der Waals surface area contributed by atoms with E-state index >= 15 is 0 Å². The Morgan fingerprint density at radius 3 is 2.81 bits per heavy atom. The lowest BCUT2D eigenvalue weighted by Gasteiger charge is -2.04. The largest absolute Gasteiger partial charge is 0.398 e. The van der Waals surface area contributed by atoms with Gasteiger partial charge in [-0.3, -0.25) is 8.89 Å². The molecule has 84 valence electrons. The summed E-state index contributed by atoms with van der Waals surface area (Å²) < 4.78 is 13.6. The second kappa shape index (κ2) is 4.44. The van der Waals surface area contributed by atoms with Gasteiger partial charge in [0.05, 0.1) is 21.4 Å². The van der Waals surface area contributed by atoms with Gasteiger partial charge in [-0.1, -0.05) is 12.1 Å². The second-order valence-corrected chi connectivity index (χ2v) is 4.75. The molecule has 6 heteroatoms. The maximum absolute atomic E-state index is 12.0. The molecule has 1 aromatic carbocycles. The zero-order chi connectivity index (χ0) is 11.5. The molecule has 0 aliphatic rings. The highest BCUT2D eigenvalue weighted by Gasteiger charge is 2.11. The lowest BCUT2D eigenvalue weighted by molar-refractivity contribution is 0.675. The van der Waals surface area contributed by atoms with Crippen LogP contribution in [0.4, 0.5) is 5.69 Å². The van der Waals surface area contributed by atoms with Gasteiger partial charge in [-0.05, 0) is 12.1 Å². The van der Waals surface area contributed by atoms with Crippen molar-refractivity contribution in [2.45, 2.75) is 10.6 Å². The summed E-state index contributed by atoms with van der Waals surface area (Å²) in [6, 6.07) is 7.14. The van der Waals surface area contributed by atoms with Crippen LogP contribution < -0.4 is 5.73 Å². The van der Waals surface area contributed by atoms with Gasteiger partial charge in [0.25, 0.3) is 0 Å². The predicted molar refractivity (Wildman–Crippen MR) is 62.0 cm³/mol. The number of nitrogen functional groups attached to an aromatic ring is 1. The molecule has 0 radical (unpaired) electrons. The van der Waals surface area contributed by atoms with Gasteiger partial charge in [-0.2, -0.15) is 5.10 Å². The third-order valence-electron chi connectivity index (χ3n) is 2.23. The van der Waals surface area contributed by atoms with Crippen molar-refractivity contribution in [3.05, 3.63) is 36.4 Å². The Morgan fingerprint density at radius 1 is 1.44 bits per heavy atom. The van der Waals surface area contributed by atoms with E-state index in [0.717, 1.165) is 0 Å². The predicted octanol–water partition coefficient (Wildman–Crippen LogP) is 0.705. The van der Waals surface area contributed by atoms with E-state index in [2.05, 4.69) is 10.1 Å². The number of para-hydroxylation sites is 1. The van der Waals surface area contributed by atoms with Crippen LogP contribution in [0.1, 0.15) is 5.82 Å².